The summed E-state index contributed by atoms with van der Waals surface area (Å²) in [4.78, 5) is 30.1. The van der Waals surface area contributed by atoms with Crippen LogP contribution in [0, 0.1) is 6.92 Å². The number of carbonyl (C=O) groups excluding carboxylic acids is 2. The zero-order chi connectivity index (χ0) is 26.7. The van der Waals surface area contributed by atoms with Gasteiger partial charge in [0.1, 0.15) is 17.1 Å². The van der Waals surface area contributed by atoms with Crippen LogP contribution in [0.1, 0.15) is 69.8 Å². The van der Waals surface area contributed by atoms with Crippen LogP contribution in [0.2, 0.25) is 0 Å². The van der Waals surface area contributed by atoms with Crippen LogP contribution in [0.5, 0.6) is 5.75 Å². The number of amides is 2. The SMILES string of the molecule is Cc1ccc(S(=O)(=O)Oc2ccc3c(c2)N(C2CCN(C4CCCCCCC4)CC2)C(=O)CC(=O)N3)cc1. The average molecular weight is 540 g/mol. The first-order valence-corrected chi connectivity index (χ1v) is 15.2. The van der Waals surface area contributed by atoms with Gasteiger partial charge in [-0.25, -0.2) is 0 Å². The molecule has 2 aromatic carbocycles. The molecule has 1 saturated carbocycles. The molecule has 2 aromatic rings. The van der Waals surface area contributed by atoms with E-state index < -0.39 is 10.1 Å². The Kier molecular flexibility index (Phi) is 8.04. The van der Waals surface area contributed by atoms with Crippen molar-refractivity contribution < 1.29 is 22.2 Å². The maximum atomic E-state index is 13.3. The molecule has 0 unspecified atom stereocenters. The number of benzene rings is 2. The van der Waals surface area contributed by atoms with Gasteiger partial charge in [-0.15, -0.1) is 0 Å². The van der Waals surface area contributed by atoms with Gasteiger partial charge in [0.15, 0.2) is 0 Å². The van der Waals surface area contributed by atoms with Crippen molar-refractivity contribution in [1.29, 1.82) is 0 Å². The molecule has 5 rings (SSSR count). The van der Waals surface area contributed by atoms with Crippen molar-refractivity contribution in [2.45, 2.75) is 88.1 Å². The van der Waals surface area contributed by atoms with E-state index in [1.165, 1.54) is 63.1 Å². The van der Waals surface area contributed by atoms with Gasteiger partial charge in [-0.2, -0.15) is 8.42 Å². The molecule has 38 heavy (non-hydrogen) atoms. The van der Waals surface area contributed by atoms with Gasteiger partial charge in [0, 0.05) is 31.2 Å². The lowest BCUT2D eigenvalue weighted by Gasteiger charge is -2.42. The van der Waals surface area contributed by atoms with E-state index in [4.69, 9.17) is 4.18 Å². The zero-order valence-electron chi connectivity index (χ0n) is 22.0. The van der Waals surface area contributed by atoms with Gasteiger partial charge in [0.25, 0.3) is 0 Å². The summed E-state index contributed by atoms with van der Waals surface area (Å²) < 4.78 is 31.3. The molecule has 204 valence electrons. The lowest BCUT2D eigenvalue weighted by atomic mass is 9.93. The molecule has 2 heterocycles. The molecule has 0 atom stereocenters. The molecule has 0 bridgehead atoms. The molecule has 2 aliphatic heterocycles. The summed E-state index contributed by atoms with van der Waals surface area (Å²) in [6.07, 6.45) is 10.4. The number of likely N-dealkylation sites (tertiary alicyclic amines) is 1. The van der Waals surface area contributed by atoms with Gasteiger partial charge >= 0.3 is 10.1 Å². The van der Waals surface area contributed by atoms with E-state index in [0.29, 0.717) is 17.4 Å². The van der Waals surface area contributed by atoms with Crippen LogP contribution in [0.4, 0.5) is 11.4 Å². The Morgan fingerprint density at radius 1 is 0.842 bits per heavy atom. The first-order chi connectivity index (χ1) is 18.3. The van der Waals surface area contributed by atoms with Crippen molar-refractivity contribution in [3.05, 3.63) is 48.0 Å². The second-order valence-corrected chi connectivity index (χ2v) is 12.3. The number of aryl methyl sites for hydroxylation is 1. The summed E-state index contributed by atoms with van der Waals surface area (Å²) in [5, 5.41) is 2.81. The molecule has 9 heteroatoms. The molecular weight excluding hydrogens is 502 g/mol. The standard InChI is InChI=1S/C29H37N3O5S/c1-21-9-12-25(13-10-21)38(35,36)37-24-11-14-26-27(19-24)32(29(34)20-28(33)30-26)23-15-17-31(18-16-23)22-7-5-3-2-4-6-8-22/h9-14,19,22-23H,2-8,15-18,20H2,1H3,(H,30,33). The fraction of sp³-hybridized carbons (Fsp3) is 0.517. The van der Waals surface area contributed by atoms with Gasteiger partial charge in [-0.05, 0) is 56.9 Å². The Bertz CT molecular complexity index is 1260. The first kappa shape index (κ1) is 26.7. The molecule has 2 fully saturated rings. The second-order valence-electron chi connectivity index (χ2n) is 10.8. The Hall–Kier alpha value is -2.91. The number of hydrogen-bond donors (Lipinski definition) is 1. The van der Waals surface area contributed by atoms with Gasteiger partial charge in [-0.1, -0.05) is 49.8 Å². The number of nitrogens with one attached hydrogen (secondary N) is 1. The predicted octanol–water partition coefficient (Wildman–Crippen LogP) is 5.02. The van der Waals surface area contributed by atoms with Gasteiger partial charge in [0.2, 0.25) is 11.8 Å². The van der Waals surface area contributed by atoms with Crippen molar-refractivity contribution in [2.75, 3.05) is 23.3 Å². The molecule has 1 aliphatic carbocycles. The minimum absolute atomic E-state index is 0.0564. The number of fused-ring (bicyclic) bond motifs is 1. The van der Waals surface area contributed by atoms with E-state index in [9.17, 15) is 18.0 Å². The smallest absolute Gasteiger partial charge is 0.339 e. The quantitative estimate of drug-likeness (QED) is 0.424. The Morgan fingerprint density at radius 3 is 2.18 bits per heavy atom. The highest BCUT2D eigenvalue weighted by Crippen LogP contribution is 2.37. The number of nitrogens with zero attached hydrogens (tertiary/aromatic N) is 2. The molecule has 3 aliphatic rings. The van der Waals surface area contributed by atoms with E-state index in [1.54, 1.807) is 29.2 Å². The maximum Gasteiger partial charge on any atom is 0.339 e. The molecule has 2 amide bonds. The van der Waals surface area contributed by atoms with Crippen LogP contribution in [-0.2, 0) is 19.7 Å². The third-order valence-corrected chi connectivity index (χ3v) is 9.32. The molecule has 0 spiro atoms. The van der Waals surface area contributed by atoms with Gasteiger partial charge in [0.05, 0.1) is 11.4 Å². The highest BCUT2D eigenvalue weighted by atomic mass is 32.2. The highest BCUT2D eigenvalue weighted by Gasteiger charge is 2.35. The van der Waals surface area contributed by atoms with Crippen LogP contribution in [0.3, 0.4) is 0 Å². The molecular formula is C29H37N3O5S. The van der Waals surface area contributed by atoms with E-state index >= 15 is 0 Å². The minimum atomic E-state index is -4.06. The van der Waals surface area contributed by atoms with Gasteiger partial charge < -0.3 is 19.3 Å². The van der Waals surface area contributed by atoms with E-state index in [2.05, 4.69) is 10.2 Å². The third kappa shape index (κ3) is 6.04. The third-order valence-electron chi connectivity index (χ3n) is 8.05. The highest BCUT2D eigenvalue weighted by molar-refractivity contribution is 7.87. The van der Waals surface area contributed by atoms with Crippen molar-refractivity contribution >= 4 is 33.3 Å². The van der Waals surface area contributed by atoms with Crippen LogP contribution < -0.4 is 14.4 Å². The molecule has 8 nitrogen and oxygen atoms in total. The molecule has 0 radical (unpaired) electrons. The van der Waals surface area contributed by atoms with E-state index in [1.807, 2.05) is 6.92 Å². The largest absolute Gasteiger partial charge is 0.379 e. The zero-order valence-corrected chi connectivity index (χ0v) is 22.8. The number of hydrogen-bond acceptors (Lipinski definition) is 6. The summed E-state index contributed by atoms with van der Waals surface area (Å²) >= 11 is 0. The Balaban J connectivity index is 1.36. The minimum Gasteiger partial charge on any atom is -0.379 e. The van der Waals surface area contributed by atoms with Crippen molar-refractivity contribution in [3.63, 3.8) is 0 Å². The van der Waals surface area contributed by atoms with Gasteiger partial charge in [-0.3, -0.25) is 9.59 Å². The summed E-state index contributed by atoms with van der Waals surface area (Å²) in [5.41, 5.74) is 1.92. The summed E-state index contributed by atoms with van der Waals surface area (Å²) in [6, 6.07) is 11.7. The number of anilines is 2. The number of piperidine rings is 1. The fourth-order valence-corrected chi connectivity index (χ4v) is 6.93. The predicted molar refractivity (Wildman–Crippen MR) is 147 cm³/mol. The lowest BCUT2D eigenvalue weighted by molar-refractivity contribution is -0.125. The molecule has 0 aromatic heterocycles. The first-order valence-electron chi connectivity index (χ1n) is 13.8. The van der Waals surface area contributed by atoms with Crippen LogP contribution >= 0.6 is 0 Å². The lowest BCUT2D eigenvalue weighted by Crippen LogP contribution is -2.50. The number of carbonyl (C=O) groups is 2. The maximum absolute atomic E-state index is 13.3. The van der Waals surface area contributed by atoms with Crippen LogP contribution in [0.25, 0.3) is 0 Å². The second kappa shape index (κ2) is 11.5. The molecule has 1 saturated heterocycles. The van der Waals surface area contributed by atoms with Crippen LogP contribution in [0.15, 0.2) is 47.4 Å². The Morgan fingerprint density at radius 2 is 1.50 bits per heavy atom. The van der Waals surface area contributed by atoms with Crippen LogP contribution in [-0.4, -0.2) is 50.3 Å². The Labute approximate surface area is 225 Å². The molecule has 1 N–H and O–H groups in total. The normalized spacial score (nSPS) is 20.7. The topological polar surface area (TPSA) is 96.0 Å². The van der Waals surface area contributed by atoms with E-state index in [0.717, 1.165) is 31.5 Å². The average Bonchev–Trinajstić information content (AvgIpc) is 2.98. The number of rotatable bonds is 5. The van der Waals surface area contributed by atoms with Crippen molar-refractivity contribution in [1.82, 2.24) is 4.90 Å². The van der Waals surface area contributed by atoms with E-state index in [-0.39, 0.29) is 34.9 Å². The monoisotopic (exact) mass is 539 g/mol. The summed E-state index contributed by atoms with van der Waals surface area (Å²) in [7, 11) is -4.06. The van der Waals surface area contributed by atoms with Crippen molar-refractivity contribution in [3.8, 4) is 5.75 Å². The summed E-state index contributed by atoms with van der Waals surface area (Å²) in [5.74, 6) is -0.541. The fourth-order valence-electron chi connectivity index (χ4n) is 6.01. The van der Waals surface area contributed by atoms with Crippen molar-refractivity contribution in [2.24, 2.45) is 0 Å². The summed E-state index contributed by atoms with van der Waals surface area (Å²) in [6.45, 7) is 3.70.